The molecule has 3 amide bonds. The maximum Gasteiger partial charge on any atom is 0.351 e. The number of nitrogens with one attached hydrogen (secondary N) is 1. The Morgan fingerprint density at radius 2 is 1.94 bits per heavy atom. The van der Waals surface area contributed by atoms with Crippen molar-refractivity contribution < 1.29 is 37.8 Å². The van der Waals surface area contributed by atoms with E-state index in [9.17, 15) is 33.1 Å². The Labute approximate surface area is 185 Å². The van der Waals surface area contributed by atoms with Gasteiger partial charge in [-0.1, -0.05) is 0 Å². The number of halogens is 2. The average Bonchev–Trinajstić information content (AvgIpc) is 3.18. The summed E-state index contributed by atoms with van der Waals surface area (Å²) in [5, 5.41) is 9.93. The summed E-state index contributed by atoms with van der Waals surface area (Å²) in [4.78, 5) is 56.1. The summed E-state index contributed by atoms with van der Waals surface area (Å²) >= 11 is 0. The summed E-state index contributed by atoms with van der Waals surface area (Å²) in [5.74, 6) is -5.55. The van der Waals surface area contributed by atoms with Crippen LogP contribution in [0.2, 0.25) is 0 Å². The molecule has 14 heteroatoms. The molecule has 3 atom stereocenters. The monoisotopic (exact) mass is 471 g/mol. The number of nitrogen functional groups attached to an aromatic ring is 1. The number of aliphatic hydroxyl groups is 1. The summed E-state index contributed by atoms with van der Waals surface area (Å²) in [6.07, 6.45) is -1.71. The van der Waals surface area contributed by atoms with Crippen molar-refractivity contribution >= 4 is 23.5 Å². The lowest BCUT2D eigenvalue weighted by Gasteiger charge is -2.20. The highest BCUT2D eigenvalue weighted by Crippen LogP contribution is 2.43. The van der Waals surface area contributed by atoms with Crippen molar-refractivity contribution in [2.45, 2.75) is 50.0 Å². The second-order valence-electron chi connectivity index (χ2n) is 7.49. The van der Waals surface area contributed by atoms with E-state index in [1.54, 1.807) is 0 Å². The third-order valence-corrected chi connectivity index (χ3v) is 5.08. The third kappa shape index (κ3) is 5.58. The first-order valence-electron chi connectivity index (χ1n) is 10.1. The van der Waals surface area contributed by atoms with Crippen LogP contribution in [0.5, 0.6) is 0 Å². The molecule has 3 rings (SSSR count). The molecule has 1 aromatic rings. The van der Waals surface area contributed by atoms with Crippen molar-refractivity contribution in [3.05, 3.63) is 34.9 Å². The predicted octanol–water partition coefficient (Wildman–Crippen LogP) is -0.748. The van der Waals surface area contributed by atoms with Crippen LogP contribution in [-0.4, -0.2) is 68.6 Å². The van der Waals surface area contributed by atoms with Crippen molar-refractivity contribution in [2.24, 2.45) is 0 Å². The number of carbonyl (C=O) groups is 3. The van der Waals surface area contributed by atoms with E-state index in [0.29, 0.717) is 23.8 Å². The molecule has 0 bridgehead atoms. The largest absolute Gasteiger partial charge is 0.384 e. The average molecular weight is 471 g/mol. The lowest BCUT2D eigenvalue weighted by atomic mass is 10.1. The van der Waals surface area contributed by atoms with Crippen LogP contribution in [0.15, 0.2) is 29.2 Å². The number of hydrogen-bond donors (Lipinski definition) is 3. The molecule has 180 valence electrons. The van der Waals surface area contributed by atoms with E-state index in [2.05, 4.69) is 10.5 Å². The fraction of sp³-hybridized carbons (Fsp3) is 0.526. The van der Waals surface area contributed by atoms with Crippen molar-refractivity contribution in [3.63, 3.8) is 0 Å². The number of carbonyl (C=O) groups excluding carboxylic acids is 3. The maximum absolute atomic E-state index is 14.4. The molecule has 4 N–H and O–H groups in total. The Balaban J connectivity index is 1.39. The number of anilines is 1. The lowest BCUT2D eigenvalue weighted by Crippen LogP contribution is -2.42. The van der Waals surface area contributed by atoms with Crippen LogP contribution in [0.1, 0.15) is 31.9 Å². The number of nitrogens with zero attached hydrogens (tertiary/aromatic N) is 3. The SMILES string of the molecule is Nc1ccn(C2OC(CC(=O)NOCCCCCN3C(=O)C=CC3=O)C(O)C2(F)F)c(=O)n1. The van der Waals surface area contributed by atoms with Crippen LogP contribution in [0.3, 0.4) is 0 Å². The van der Waals surface area contributed by atoms with Gasteiger partial charge in [0.15, 0.2) is 0 Å². The Hall–Kier alpha value is -3.23. The molecular formula is C19H23F2N5O7. The fourth-order valence-electron chi connectivity index (χ4n) is 3.37. The maximum atomic E-state index is 14.4. The van der Waals surface area contributed by atoms with Crippen molar-refractivity contribution in [3.8, 4) is 0 Å². The van der Waals surface area contributed by atoms with Crippen LogP contribution in [0.25, 0.3) is 0 Å². The first-order chi connectivity index (χ1) is 15.6. The highest BCUT2D eigenvalue weighted by atomic mass is 19.3. The van der Waals surface area contributed by atoms with Gasteiger partial charge in [-0.15, -0.1) is 0 Å². The molecule has 1 saturated heterocycles. The number of imide groups is 1. The van der Waals surface area contributed by atoms with Crippen LogP contribution in [-0.2, 0) is 24.0 Å². The van der Waals surface area contributed by atoms with E-state index in [-0.39, 0.29) is 30.8 Å². The van der Waals surface area contributed by atoms with Gasteiger partial charge in [-0.25, -0.2) is 10.3 Å². The Morgan fingerprint density at radius 1 is 1.24 bits per heavy atom. The van der Waals surface area contributed by atoms with Gasteiger partial charge in [0.05, 0.1) is 13.0 Å². The summed E-state index contributed by atoms with van der Waals surface area (Å²) in [6, 6.07) is 1.12. The normalized spacial score (nSPS) is 24.0. The van der Waals surface area contributed by atoms with E-state index in [4.69, 9.17) is 15.3 Å². The number of rotatable bonds is 10. The van der Waals surface area contributed by atoms with Gasteiger partial charge in [-0.3, -0.25) is 28.7 Å². The van der Waals surface area contributed by atoms with Crippen LogP contribution in [0, 0.1) is 0 Å². The topological polar surface area (TPSA) is 166 Å². The van der Waals surface area contributed by atoms with Crippen LogP contribution < -0.4 is 16.9 Å². The second kappa shape index (κ2) is 10.1. The van der Waals surface area contributed by atoms with Crippen LogP contribution >= 0.6 is 0 Å². The Kier molecular flexibility index (Phi) is 7.50. The highest BCUT2D eigenvalue weighted by Gasteiger charge is 2.59. The van der Waals surface area contributed by atoms with Gasteiger partial charge in [0.2, 0.25) is 12.1 Å². The molecule has 0 spiro atoms. The number of alkyl halides is 2. The zero-order valence-electron chi connectivity index (χ0n) is 17.4. The molecule has 12 nitrogen and oxygen atoms in total. The van der Waals surface area contributed by atoms with Crippen molar-refractivity contribution in [1.82, 2.24) is 19.9 Å². The van der Waals surface area contributed by atoms with E-state index in [1.807, 2.05) is 0 Å². The van der Waals surface area contributed by atoms with Crippen molar-refractivity contribution in [1.29, 1.82) is 0 Å². The molecule has 2 aliphatic heterocycles. The zero-order valence-corrected chi connectivity index (χ0v) is 17.4. The van der Waals surface area contributed by atoms with Crippen molar-refractivity contribution in [2.75, 3.05) is 18.9 Å². The second-order valence-corrected chi connectivity index (χ2v) is 7.49. The number of nitrogens with two attached hydrogens (primary N) is 1. The zero-order chi connectivity index (χ0) is 24.2. The molecule has 3 heterocycles. The van der Waals surface area contributed by atoms with Gasteiger partial charge in [0.25, 0.3) is 11.8 Å². The fourth-order valence-corrected chi connectivity index (χ4v) is 3.37. The van der Waals surface area contributed by atoms with Gasteiger partial charge >= 0.3 is 11.6 Å². The van der Waals surface area contributed by atoms with Gasteiger partial charge in [-0.2, -0.15) is 13.8 Å². The summed E-state index contributed by atoms with van der Waals surface area (Å²) < 4.78 is 34.5. The molecule has 0 aromatic carbocycles. The van der Waals surface area contributed by atoms with Gasteiger partial charge in [0, 0.05) is 24.9 Å². The number of amides is 3. The molecule has 2 aliphatic rings. The smallest absolute Gasteiger partial charge is 0.351 e. The molecule has 33 heavy (non-hydrogen) atoms. The molecular weight excluding hydrogens is 448 g/mol. The van der Waals surface area contributed by atoms with E-state index in [0.717, 1.165) is 17.2 Å². The number of aliphatic hydroxyl groups excluding tert-OH is 1. The van der Waals surface area contributed by atoms with E-state index < -0.39 is 42.4 Å². The standard InChI is InChI=1S/C19H23F2N5O7/c20-19(21)16(30)11(33-17(19)26-8-6-12(22)23-18(26)31)10-13(27)24-32-9-3-1-2-7-25-14(28)4-5-15(25)29/h4-6,8,11,16-17,30H,1-3,7,9-10H2,(H,24,27)(H2,22,23,31). The van der Waals surface area contributed by atoms with E-state index >= 15 is 0 Å². The minimum Gasteiger partial charge on any atom is -0.384 e. The van der Waals surface area contributed by atoms with E-state index in [1.165, 1.54) is 12.2 Å². The third-order valence-electron chi connectivity index (χ3n) is 5.08. The Bertz CT molecular complexity index is 981. The highest BCUT2D eigenvalue weighted by molar-refractivity contribution is 6.12. The number of hydrogen-bond acceptors (Lipinski definition) is 9. The number of unbranched alkanes of at least 4 members (excludes halogenated alkanes) is 2. The van der Waals surface area contributed by atoms with Gasteiger partial charge in [-0.05, 0) is 25.3 Å². The minimum absolute atomic E-state index is 0.102. The summed E-state index contributed by atoms with van der Waals surface area (Å²) in [6.45, 7) is 0.376. The van der Waals surface area contributed by atoms with Crippen LogP contribution in [0.4, 0.5) is 14.6 Å². The molecule has 3 unspecified atom stereocenters. The minimum atomic E-state index is -3.86. The molecule has 0 radical (unpaired) electrons. The number of aromatic nitrogens is 2. The lowest BCUT2D eigenvalue weighted by molar-refractivity contribution is -0.142. The predicted molar refractivity (Wildman–Crippen MR) is 106 cm³/mol. The number of hydroxylamine groups is 1. The molecule has 1 fully saturated rings. The van der Waals surface area contributed by atoms with Gasteiger partial charge < -0.3 is 15.6 Å². The molecule has 0 saturated carbocycles. The summed E-state index contributed by atoms with van der Waals surface area (Å²) in [5.41, 5.74) is 6.33. The first-order valence-corrected chi connectivity index (χ1v) is 10.1. The number of ether oxygens (including phenoxy) is 1. The van der Waals surface area contributed by atoms with Gasteiger partial charge in [0.1, 0.15) is 18.0 Å². The summed E-state index contributed by atoms with van der Waals surface area (Å²) in [7, 11) is 0. The quantitative estimate of drug-likeness (QED) is 0.226. The Morgan fingerprint density at radius 3 is 2.61 bits per heavy atom. The molecule has 0 aliphatic carbocycles. The first kappa shape index (κ1) is 24.4. The molecule has 1 aromatic heterocycles.